The number of aryl methyl sites for hydroxylation is 1. The second kappa shape index (κ2) is 11.7. The molecular weight excluding hydrogens is 411 g/mol. The van der Waals surface area contributed by atoms with Crippen LogP contribution in [0.25, 0.3) is 0 Å². The molecular formula is C15H27IN4OS. The number of thiophene rings is 1. The molecule has 0 saturated heterocycles. The maximum atomic E-state index is 11.5. The van der Waals surface area contributed by atoms with E-state index >= 15 is 0 Å². The van der Waals surface area contributed by atoms with E-state index in [1.54, 1.807) is 7.05 Å². The van der Waals surface area contributed by atoms with Gasteiger partial charge in [-0.3, -0.25) is 9.79 Å². The Morgan fingerprint density at radius 2 is 2.09 bits per heavy atom. The fraction of sp³-hybridized carbons (Fsp3) is 0.600. The Labute approximate surface area is 154 Å². The number of rotatable bonds is 7. The molecule has 0 bridgehead atoms. The molecule has 0 saturated carbocycles. The van der Waals surface area contributed by atoms with Crippen LogP contribution in [-0.4, -0.2) is 38.0 Å². The number of carbonyl (C=O) groups excluding carboxylic acids is 1. The molecule has 1 amide bonds. The van der Waals surface area contributed by atoms with E-state index in [9.17, 15) is 4.79 Å². The summed E-state index contributed by atoms with van der Waals surface area (Å²) in [6, 6.07) is 4.55. The first kappa shape index (κ1) is 21.2. The van der Waals surface area contributed by atoms with E-state index in [0.29, 0.717) is 12.5 Å². The van der Waals surface area contributed by atoms with Gasteiger partial charge in [0.1, 0.15) is 0 Å². The van der Waals surface area contributed by atoms with Crippen LogP contribution < -0.4 is 16.0 Å². The van der Waals surface area contributed by atoms with Gasteiger partial charge in [0, 0.05) is 35.8 Å². The normalized spacial score (nSPS) is 12.3. The topological polar surface area (TPSA) is 65.5 Å². The Morgan fingerprint density at radius 3 is 2.64 bits per heavy atom. The maximum Gasteiger partial charge on any atom is 0.239 e. The van der Waals surface area contributed by atoms with E-state index in [4.69, 9.17) is 0 Å². The molecule has 1 rings (SSSR count). The van der Waals surface area contributed by atoms with E-state index in [0.717, 1.165) is 12.8 Å². The van der Waals surface area contributed by atoms with Crippen molar-refractivity contribution in [3.63, 3.8) is 0 Å². The minimum Gasteiger partial charge on any atom is -0.355 e. The second-order valence-electron chi connectivity index (χ2n) is 5.04. The van der Waals surface area contributed by atoms with Crippen molar-refractivity contribution >= 4 is 47.2 Å². The van der Waals surface area contributed by atoms with Gasteiger partial charge in [-0.15, -0.1) is 35.3 Å². The number of hydrogen-bond acceptors (Lipinski definition) is 3. The van der Waals surface area contributed by atoms with E-state index in [2.05, 4.69) is 46.9 Å². The van der Waals surface area contributed by atoms with E-state index in [1.165, 1.54) is 9.75 Å². The highest BCUT2D eigenvalue weighted by molar-refractivity contribution is 14.0. The second-order valence-corrected chi connectivity index (χ2v) is 6.41. The van der Waals surface area contributed by atoms with E-state index in [1.807, 2.05) is 18.3 Å². The molecule has 22 heavy (non-hydrogen) atoms. The predicted molar refractivity (Wildman–Crippen MR) is 105 cm³/mol. The summed E-state index contributed by atoms with van der Waals surface area (Å²) in [6.45, 7) is 7.20. The quantitative estimate of drug-likeness (QED) is 0.348. The minimum absolute atomic E-state index is 0. The van der Waals surface area contributed by atoms with Crippen LogP contribution in [0.1, 0.15) is 30.0 Å². The van der Waals surface area contributed by atoms with Gasteiger partial charge in [0.25, 0.3) is 0 Å². The van der Waals surface area contributed by atoms with Crippen molar-refractivity contribution in [3.8, 4) is 0 Å². The fourth-order valence-corrected chi connectivity index (χ4v) is 2.89. The van der Waals surface area contributed by atoms with Crippen LogP contribution in [-0.2, 0) is 11.2 Å². The summed E-state index contributed by atoms with van der Waals surface area (Å²) in [7, 11) is 1.71. The monoisotopic (exact) mass is 438 g/mol. The first-order chi connectivity index (χ1) is 10.0. The standard InChI is InChI=1S/C15H26N4OS.HI/c1-5-8-17-14(20)10-18-15(16-4)19-11(2)9-13-7-6-12(3)21-13;/h6-7,11H,5,8-10H2,1-4H3,(H,17,20)(H2,16,18,19);1H. The van der Waals surface area contributed by atoms with Crippen molar-refractivity contribution in [2.24, 2.45) is 4.99 Å². The van der Waals surface area contributed by atoms with Gasteiger partial charge in [0.05, 0.1) is 6.54 Å². The van der Waals surface area contributed by atoms with Crippen molar-refractivity contribution < 1.29 is 4.79 Å². The Morgan fingerprint density at radius 1 is 1.36 bits per heavy atom. The first-order valence-corrected chi connectivity index (χ1v) is 8.16. The molecule has 0 aromatic carbocycles. The molecule has 1 atom stereocenters. The van der Waals surface area contributed by atoms with Gasteiger partial charge in [-0.1, -0.05) is 6.92 Å². The van der Waals surface area contributed by atoms with Crippen LogP contribution in [0.3, 0.4) is 0 Å². The number of amides is 1. The summed E-state index contributed by atoms with van der Waals surface area (Å²) < 4.78 is 0. The summed E-state index contributed by atoms with van der Waals surface area (Å²) >= 11 is 1.81. The average Bonchev–Trinajstić information content (AvgIpc) is 2.86. The molecule has 0 aliphatic rings. The van der Waals surface area contributed by atoms with Crippen LogP contribution >= 0.6 is 35.3 Å². The predicted octanol–water partition coefficient (Wildman–Crippen LogP) is 2.30. The number of carbonyl (C=O) groups is 1. The molecule has 126 valence electrons. The lowest BCUT2D eigenvalue weighted by molar-refractivity contribution is -0.120. The van der Waals surface area contributed by atoms with Crippen LogP contribution in [0.4, 0.5) is 0 Å². The zero-order valence-electron chi connectivity index (χ0n) is 13.7. The van der Waals surface area contributed by atoms with Gasteiger partial charge in [0.15, 0.2) is 5.96 Å². The molecule has 1 heterocycles. The highest BCUT2D eigenvalue weighted by atomic mass is 127. The first-order valence-electron chi connectivity index (χ1n) is 7.34. The third-order valence-electron chi connectivity index (χ3n) is 2.90. The van der Waals surface area contributed by atoms with Crippen molar-refractivity contribution in [2.75, 3.05) is 20.1 Å². The zero-order chi connectivity index (χ0) is 15.7. The largest absolute Gasteiger partial charge is 0.355 e. The molecule has 0 radical (unpaired) electrons. The third kappa shape index (κ3) is 8.57. The number of halogens is 1. The number of hydrogen-bond donors (Lipinski definition) is 3. The SMILES string of the molecule is CCCNC(=O)CNC(=NC)NC(C)Cc1ccc(C)s1.I. The molecule has 0 aliphatic heterocycles. The van der Waals surface area contributed by atoms with Gasteiger partial charge in [0.2, 0.25) is 5.91 Å². The van der Waals surface area contributed by atoms with Crippen molar-refractivity contribution in [2.45, 2.75) is 39.7 Å². The van der Waals surface area contributed by atoms with E-state index < -0.39 is 0 Å². The summed E-state index contributed by atoms with van der Waals surface area (Å²) in [4.78, 5) is 18.4. The van der Waals surface area contributed by atoms with Crippen LogP contribution in [0.15, 0.2) is 17.1 Å². The lowest BCUT2D eigenvalue weighted by Crippen LogP contribution is -2.46. The number of guanidine groups is 1. The van der Waals surface area contributed by atoms with Crippen LogP contribution in [0, 0.1) is 6.92 Å². The van der Waals surface area contributed by atoms with E-state index in [-0.39, 0.29) is 42.5 Å². The van der Waals surface area contributed by atoms with Crippen molar-refractivity contribution in [1.82, 2.24) is 16.0 Å². The lowest BCUT2D eigenvalue weighted by Gasteiger charge is -2.17. The Kier molecular flexibility index (Phi) is 11.3. The smallest absolute Gasteiger partial charge is 0.239 e. The Hall–Kier alpha value is -0.830. The molecule has 0 fully saturated rings. The summed E-state index contributed by atoms with van der Waals surface area (Å²) in [5.74, 6) is 0.642. The summed E-state index contributed by atoms with van der Waals surface area (Å²) in [5.41, 5.74) is 0. The highest BCUT2D eigenvalue weighted by Gasteiger charge is 2.08. The zero-order valence-corrected chi connectivity index (χ0v) is 16.9. The molecule has 1 aromatic heterocycles. The van der Waals surface area contributed by atoms with Crippen molar-refractivity contribution in [1.29, 1.82) is 0 Å². The van der Waals surface area contributed by atoms with Gasteiger partial charge < -0.3 is 16.0 Å². The molecule has 5 nitrogen and oxygen atoms in total. The van der Waals surface area contributed by atoms with Gasteiger partial charge in [-0.2, -0.15) is 0 Å². The maximum absolute atomic E-state index is 11.5. The van der Waals surface area contributed by atoms with Gasteiger partial charge in [-0.05, 0) is 32.4 Å². The summed E-state index contributed by atoms with van der Waals surface area (Å²) in [6.07, 6.45) is 1.89. The molecule has 3 N–H and O–H groups in total. The molecule has 0 spiro atoms. The lowest BCUT2D eigenvalue weighted by atomic mass is 10.2. The average molecular weight is 438 g/mol. The molecule has 1 unspecified atom stereocenters. The number of nitrogens with zero attached hydrogens (tertiary/aromatic N) is 1. The van der Waals surface area contributed by atoms with Crippen molar-refractivity contribution in [3.05, 3.63) is 21.9 Å². The Balaban J connectivity index is 0.00000441. The van der Waals surface area contributed by atoms with Gasteiger partial charge in [-0.25, -0.2) is 0 Å². The molecule has 7 heteroatoms. The Bertz CT molecular complexity index is 476. The highest BCUT2D eigenvalue weighted by Crippen LogP contribution is 2.16. The summed E-state index contributed by atoms with van der Waals surface area (Å²) in [5, 5.41) is 9.16. The number of nitrogens with one attached hydrogen (secondary N) is 3. The minimum atomic E-state index is -0.0127. The van der Waals surface area contributed by atoms with Crippen LogP contribution in [0.2, 0.25) is 0 Å². The van der Waals surface area contributed by atoms with Crippen LogP contribution in [0.5, 0.6) is 0 Å². The molecule has 1 aromatic rings. The van der Waals surface area contributed by atoms with Gasteiger partial charge >= 0.3 is 0 Å². The third-order valence-corrected chi connectivity index (χ3v) is 3.92. The number of aliphatic imine (C=N–C) groups is 1. The fourth-order valence-electron chi connectivity index (χ4n) is 1.87. The molecule has 0 aliphatic carbocycles.